The number of aromatic nitrogens is 6. The fraction of sp³-hybridized carbons (Fsp3) is 0.618. The smallest absolute Gasteiger partial charge is 0.404 e. The number of ether oxygens (including phenoxy) is 5. The molecule has 12 unspecified atom stereocenters. The predicted molar refractivity (Wildman–Crippen MR) is 339 cm³/mol. The highest BCUT2D eigenvalue weighted by molar-refractivity contribution is 7.95. The number of thiazole rings is 2. The monoisotopic (exact) mass is 1410 g/mol. The molecule has 0 aromatic carbocycles. The van der Waals surface area contributed by atoms with Gasteiger partial charge in [0.25, 0.3) is 11.8 Å². The number of primary amides is 3. The molecule has 4 aromatic rings. The van der Waals surface area contributed by atoms with E-state index in [-0.39, 0.29) is 64.9 Å². The summed E-state index contributed by atoms with van der Waals surface area (Å²) >= 11 is 2.52. The fourth-order valence-corrected chi connectivity index (χ4v) is 12.1. The van der Waals surface area contributed by atoms with Crippen LogP contribution in [0.4, 0.5) is 10.6 Å². The molecule has 96 heavy (non-hydrogen) atoms. The van der Waals surface area contributed by atoms with Crippen molar-refractivity contribution in [2.24, 2.45) is 28.9 Å². The Morgan fingerprint density at radius 1 is 0.781 bits per heavy atom. The molecule has 38 nitrogen and oxygen atoms in total. The minimum absolute atomic E-state index is 0.00498. The third kappa shape index (κ3) is 20.6. The molecular weight excluding hydrogens is 1330 g/mol. The molecule has 0 aliphatic carbocycles. The van der Waals surface area contributed by atoms with E-state index in [2.05, 4.69) is 74.3 Å². The van der Waals surface area contributed by atoms with Crippen molar-refractivity contribution in [2.45, 2.75) is 157 Å². The van der Waals surface area contributed by atoms with Gasteiger partial charge in [0.15, 0.2) is 18.7 Å². The van der Waals surface area contributed by atoms with E-state index < -0.39 is 183 Å². The van der Waals surface area contributed by atoms with Gasteiger partial charge in [-0.05, 0) is 31.7 Å². The summed E-state index contributed by atoms with van der Waals surface area (Å²) in [4.78, 5) is 131. The van der Waals surface area contributed by atoms with Gasteiger partial charge in [-0.25, -0.2) is 29.7 Å². The van der Waals surface area contributed by atoms with Gasteiger partial charge in [0.1, 0.15) is 100 Å². The molecule has 0 bridgehead atoms. The van der Waals surface area contributed by atoms with Gasteiger partial charge >= 0.3 is 6.09 Å². The van der Waals surface area contributed by atoms with Gasteiger partial charge in [-0.15, -0.1) is 22.7 Å². The zero-order valence-electron chi connectivity index (χ0n) is 52.9. The number of aromatic amines is 1. The highest BCUT2D eigenvalue weighted by atomic mass is 32.2. The Morgan fingerprint density at radius 3 is 2.09 bits per heavy atom. The summed E-state index contributed by atoms with van der Waals surface area (Å²) in [5, 5.41) is 108. The number of H-pyrrole nitrogens is 1. The Morgan fingerprint density at radius 2 is 1.47 bits per heavy atom. The molecule has 6 rings (SSSR count). The largest absolute Gasteiger partial charge is 0.441 e. The number of hydrogen-bond acceptors (Lipinski definition) is 31. The summed E-state index contributed by atoms with van der Waals surface area (Å²) in [6.45, 7) is 3.18. The Kier molecular flexibility index (Phi) is 29.0. The summed E-state index contributed by atoms with van der Waals surface area (Å²) in [6.07, 6.45) is -20.0. The van der Waals surface area contributed by atoms with Gasteiger partial charge < -0.3 is 130 Å². The third-order valence-corrected chi connectivity index (χ3v) is 18.2. The van der Waals surface area contributed by atoms with Crippen LogP contribution in [0.5, 0.6) is 0 Å². The van der Waals surface area contributed by atoms with E-state index >= 15 is 4.79 Å². The van der Waals surface area contributed by atoms with Crippen LogP contribution < -0.4 is 60.6 Å². The van der Waals surface area contributed by atoms with E-state index in [4.69, 9.17) is 52.4 Å². The predicted octanol–water partition coefficient (Wildman–Crippen LogP) is -7.70. The van der Waals surface area contributed by atoms with Gasteiger partial charge in [-0.1, -0.05) is 6.92 Å². The average molecular weight is 1420 g/mol. The molecule has 8 amide bonds. The van der Waals surface area contributed by atoms with E-state index in [1.807, 2.05) is 0 Å². The Hall–Kier alpha value is -7.30. The Bertz CT molecular complexity index is 3280. The SMILES string of the molecule is Cc1c(N)nc(C(CC(N)=O)NC[C@H](N)C(N)=O)nc1C(=O)NC(C(=O)N[C@H](C)[C@@H](O)[C@H](C)C(=O)N[C@H](C(=O)NCCc1nc(-c2nc(C(=O)NCCC[S+](C)C)cs2)cs1)[C@@H](C)O)[C@@H](OC1OC(CO)C(O)C(O)C1OC1OC(CO)C(O)C(OC(N)=O)C1O)c1cnc[nH]1. The maximum absolute atomic E-state index is 15.2. The number of imidazole rings is 1. The lowest BCUT2D eigenvalue weighted by atomic mass is 9.96. The molecule has 0 radical (unpaired) electrons. The summed E-state index contributed by atoms with van der Waals surface area (Å²) in [6, 6.07) is -7.85. The fourth-order valence-electron chi connectivity index (χ4n) is 9.80. The summed E-state index contributed by atoms with van der Waals surface area (Å²) in [7, 11) is 0.254. The maximum Gasteiger partial charge on any atom is 0.404 e. The number of aliphatic hydroxyl groups is 8. The quantitative estimate of drug-likeness (QED) is 0.0150. The first-order valence-corrected chi connectivity index (χ1v) is 33.8. The number of nitrogens with one attached hydrogen (secondary N) is 7. The number of rotatable bonds is 35. The summed E-state index contributed by atoms with van der Waals surface area (Å²) in [5.74, 6) is -7.69. The van der Waals surface area contributed by atoms with Gasteiger partial charge in [0, 0.05) is 55.2 Å². The number of carbonyl (C=O) groups excluding carboxylic acids is 8. The summed E-state index contributed by atoms with van der Waals surface area (Å²) < 4.78 is 28.7. The van der Waals surface area contributed by atoms with Crippen molar-refractivity contribution >= 4 is 86.8 Å². The second kappa shape index (κ2) is 35.8. The molecule has 2 aliphatic heterocycles. The molecule has 4 aromatic heterocycles. The molecule has 2 aliphatic rings. The Balaban J connectivity index is 1.26. The molecule has 19 atom stereocenters. The number of anilines is 1. The zero-order chi connectivity index (χ0) is 71.0. The molecule has 0 saturated carbocycles. The molecule has 41 heteroatoms. The van der Waals surface area contributed by atoms with E-state index in [1.165, 1.54) is 50.4 Å². The molecule has 25 N–H and O–H groups in total. The number of carbonyl (C=O) groups is 8. The van der Waals surface area contributed by atoms with Crippen molar-refractivity contribution in [3.05, 3.63) is 56.8 Å². The first-order valence-electron chi connectivity index (χ1n) is 29.8. The number of nitrogens with two attached hydrogens (primary N) is 5. The van der Waals surface area contributed by atoms with Gasteiger partial charge in [0.05, 0.1) is 85.2 Å². The Labute approximate surface area is 559 Å². The second-order valence-electron chi connectivity index (χ2n) is 22.8. The van der Waals surface area contributed by atoms with E-state index in [9.17, 15) is 74.4 Å². The van der Waals surface area contributed by atoms with Crippen molar-refractivity contribution in [3.8, 4) is 10.7 Å². The van der Waals surface area contributed by atoms with Crippen molar-refractivity contribution in [1.29, 1.82) is 0 Å². The standard InChI is InChI=1S/C55H83N17O21S3/c1-20-33(69-46(72-44(20)58)25(12-31(57)76)64-13-24(56)45(59)82)50(86)71-35(41(26-14-61-19-65-26)91-54-43(39(80)37(78)29(15-73)90-54)92-53-40(81)42(93-55(60)88)38(79)30(16-74)89-53)51(87)66-22(3)36(77)21(2)47(83)70-34(23(4)75)49(85)63-10-8-32-67-28(18-94-32)52-68-27(17-95-52)48(84)62-9-7-11-96(5)6/h14,17-19,21-25,29-30,34-43,53-54,64,73-75,77-81H,7-13,15-16,56H2,1-6H3,(H13-,57,58,59,60,61,62,63,65,66,69,70,71,72,76,82,83,84,85,86,87,88)/p+1/t21-,22+,23+,24-,25?,29?,30?,34-,35?,36-,37?,38?,39?,40?,41-,42?,43?,53?,54?/m0/s1. The average Bonchev–Trinajstić information content (AvgIpc) is 0.885. The lowest BCUT2D eigenvalue weighted by Gasteiger charge is -2.47. The second-order valence-corrected chi connectivity index (χ2v) is 27.0. The van der Waals surface area contributed by atoms with Crippen LogP contribution in [0.3, 0.4) is 0 Å². The van der Waals surface area contributed by atoms with Crippen molar-refractivity contribution in [2.75, 3.05) is 56.8 Å². The normalized spacial score (nSPS) is 24.0. The zero-order valence-corrected chi connectivity index (χ0v) is 55.3. The van der Waals surface area contributed by atoms with E-state index in [0.717, 1.165) is 24.7 Å². The first-order chi connectivity index (χ1) is 45.3. The molecule has 532 valence electrons. The number of nitrogens with zero attached hydrogens (tertiary/aromatic N) is 5. The van der Waals surface area contributed by atoms with Crippen molar-refractivity contribution in [1.82, 2.24) is 61.8 Å². The highest BCUT2D eigenvalue weighted by Crippen LogP contribution is 2.35. The van der Waals surface area contributed by atoms with Gasteiger partial charge in [-0.2, -0.15) is 0 Å². The molecule has 6 heterocycles. The van der Waals surface area contributed by atoms with Crippen LogP contribution in [0.2, 0.25) is 0 Å². The minimum atomic E-state index is -2.20. The van der Waals surface area contributed by atoms with Crippen LogP contribution in [0, 0.1) is 12.8 Å². The molecule has 0 spiro atoms. The lowest BCUT2D eigenvalue weighted by molar-refractivity contribution is -0.372. The van der Waals surface area contributed by atoms with Crippen LogP contribution in [0.25, 0.3) is 10.7 Å². The molecular formula is C55H84N17O21S3+. The third-order valence-electron chi connectivity index (χ3n) is 15.3. The number of aliphatic hydroxyl groups excluding tert-OH is 8. The number of nitrogen functional groups attached to an aromatic ring is 1. The lowest BCUT2D eigenvalue weighted by Crippen LogP contribution is -2.65. The number of amides is 8. The topological polar surface area (TPSA) is 627 Å². The number of hydrogen-bond donors (Lipinski definition) is 20. The maximum atomic E-state index is 15.2. The van der Waals surface area contributed by atoms with Crippen LogP contribution in [-0.4, -0.2) is 267 Å². The molecule has 2 saturated heterocycles. The van der Waals surface area contributed by atoms with Crippen molar-refractivity contribution < 1.29 is 103 Å². The van der Waals surface area contributed by atoms with Crippen LogP contribution >= 0.6 is 22.7 Å². The summed E-state index contributed by atoms with van der Waals surface area (Å²) in [5.41, 5.74) is 28.1. The first kappa shape index (κ1) is 77.7. The van der Waals surface area contributed by atoms with E-state index in [1.54, 1.807) is 10.8 Å². The molecule has 2 fully saturated rings. The van der Waals surface area contributed by atoms with Crippen LogP contribution in [-0.2, 0) is 65.0 Å². The van der Waals surface area contributed by atoms with Gasteiger partial charge in [0.2, 0.25) is 29.5 Å². The minimum Gasteiger partial charge on any atom is -0.441 e. The van der Waals surface area contributed by atoms with E-state index in [0.29, 0.717) is 22.3 Å². The van der Waals surface area contributed by atoms with Gasteiger partial charge in [-0.3, -0.25) is 33.6 Å². The van der Waals surface area contributed by atoms with Crippen molar-refractivity contribution in [3.63, 3.8) is 0 Å². The highest BCUT2D eigenvalue weighted by Gasteiger charge is 2.54. The van der Waals surface area contributed by atoms with Crippen LogP contribution in [0.15, 0.2) is 23.3 Å². The van der Waals surface area contributed by atoms with Crippen LogP contribution in [0.1, 0.15) is 88.8 Å².